The van der Waals surface area contributed by atoms with Crippen molar-refractivity contribution in [3.05, 3.63) is 0 Å². The number of unbranched alkanes of at least 4 members (excludes halogenated alkanes) is 26. The first-order chi connectivity index (χ1) is 21.2. The molecule has 0 aromatic rings. The Balaban J connectivity index is 0. The summed E-state index contributed by atoms with van der Waals surface area (Å²) < 4.78 is 31.7. The van der Waals surface area contributed by atoms with Crippen LogP contribution in [0.15, 0.2) is 0 Å². The zero-order valence-electron chi connectivity index (χ0n) is 28.8. The molecule has 5 nitrogen and oxygen atoms in total. The maximum absolute atomic E-state index is 12.2. The molecule has 0 aromatic heterocycles. The summed E-state index contributed by atoms with van der Waals surface area (Å²) in [6.07, 6.45) is 33.4. The Kier molecular flexibility index (Phi) is 35.2. The highest BCUT2D eigenvalue weighted by Gasteiger charge is 2.38. The van der Waals surface area contributed by atoms with Gasteiger partial charge in [0.2, 0.25) is 5.91 Å². The van der Waals surface area contributed by atoms with Gasteiger partial charge >= 0.3 is 12.1 Å². The molecule has 0 aliphatic heterocycles. The minimum Gasteiger partial charge on any atom is -0.475 e. The molecule has 0 aromatic carbocycles. The number of alkyl halides is 3. The third-order valence-electron chi connectivity index (χ3n) is 8.33. The molecule has 44 heavy (non-hydrogen) atoms. The number of hydrogen-bond acceptors (Lipinski definition) is 3. The van der Waals surface area contributed by atoms with Gasteiger partial charge in [-0.05, 0) is 12.8 Å². The van der Waals surface area contributed by atoms with Crippen molar-refractivity contribution in [2.75, 3.05) is 19.6 Å². The highest BCUT2D eigenvalue weighted by molar-refractivity contribution is 5.77. The van der Waals surface area contributed by atoms with E-state index in [0.717, 1.165) is 25.9 Å². The summed E-state index contributed by atoms with van der Waals surface area (Å²) in [7, 11) is 0. The number of hydrogen-bond donors (Lipinski definition) is 2. The van der Waals surface area contributed by atoms with Crippen LogP contribution in [0.5, 0.6) is 0 Å². The standard InChI is InChI=1S/C34H70N2O.C2HF3O2/c1-3-5-7-9-11-13-15-17-19-21-23-25-27-29-31-36(34(37)33-35)32-30-28-26-24-22-20-18-16-14-12-10-8-6-4-2;3-2(4,5)1(6)7/h3-33,35H2,1-2H3;(H,6,7). The van der Waals surface area contributed by atoms with E-state index in [1.165, 1.54) is 167 Å². The van der Waals surface area contributed by atoms with Gasteiger partial charge in [0.15, 0.2) is 0 Å². The smallest absolute Gasteiger partial charge is 0.475 e. The van der Waals surface area contributed by atoms with Crippen LogP contribution in [0.25, 0.3) is 0 Å². The number of halogens is 3. The molecule has 0 spiro atoms. The number of amides is 1. The van der Waals surface area contributed by atoms with Crippen LogP contribution in [0.3, 0.4) is 0 Å². The molecule has 0 heterocycles. The van der Waals surface area contributed by atoms with Gasteiger partial charge in [0.1, 0.15) is 0 Å². The largest absolute Gasteiger partial charge is 0.490 e. The van der Waals surface area contributed by atoms with E-state index in [0.29, 0.717) is 0 Å². The van der Waals surface area contributed by atoms with Gasteiger partial charge in [0, 0.05) is 13.1 Å². The Labute approximate surface area is 269 Å². The number of nitrogens with zero attached hydrogens (tertiary/aromatic N) is 1. The Morgan fingerprint density at radius 2 is 0.705 bits per heavy atom. The Morgan fingerprint density at radius 3 is 0.886 bits per heavy atom. The summed E-state index contributed by atoms with van der Waals surface area (Å²) >= 11 is 0. The van der Waals surface area contributed by atoms with Crippen molar-refractivity contribution in [2.45, 2.75) is 200 Å². The molecule has 0 aliphatic carbocycles. The fraction of sp³-hybridized carbons (Fsp3) is 0.944. The van der Waals surface area contributed by atoms with Crippen LogP contribution >= 0.6 is 0 Å². The van der Waals surface area contributed by atoms with Crippen LogP contribution in [0.1, 0.15) is 194 Å². The summed E-state index contributed by atoms with van der Waals surface area (Å²) in [4.78, 5) is 23.2. The summed E-state index contributed by atoms with van der Waals surface area (Å²) in [5, 5.41) is 7.12. The Morgan fingerprint density at radius 1 is 0.500 bits per heavy atom. The van der Waals surface area contributed by atoms with E-state index in [1.807, 2.05) is 4.90 Å². The van der Waals surface area contributed by atoms with Gasteiger partial charge in [-0.1, -0.05) is 181 Å². The van der Waals surface area contributed by atoms with E-state index in [9.17, 15) is 18.0 Å². The SMILES string of the molecule is CCCCCCCCCCCCCCCCN(CCCCCCCCCCCCCCCC)C(=O)CN.O=C(O)C(F)(F)F. The molecule has 8 heteroatoms. The molecule has 3 N–H and O–H groups in total. The first kappa shape index (κ1) is 44.8. The molecule has 0 saturated carbocycles. The zero-order chi connectivity index (χ0) is 33.2. The molecule has 0 rings (SSSR count). The fourth-order valence-electron chi connectivity index (χ4n) is 5.48. The number of carbonyl (C=O) groups is 2. The van der Waals surface area contributed by atoms with Gasteiger partial charge in [-0.3, -0.25) is 4.79 Å². The molecule has 0 fully saturated rings. The molecule has 0 bridgehead atoms. The topological polar surface area (TPSA) is 83.6 Å². The summed E-state index contributed by atoms with van der Waals surface area (Å²) in [5.41, 5.74) is 5.68. The number of nitrogens with two attached hydrogens (primary N) is 1. The monoisotopic (exact) mass is 637 g/mol. The molecule has 0 radical (unpaired) electrons. The Hall–Kier alpha value is -1.31. The second-order valence-electron chi connectivity index (χ2n) is 12.6. The van der Waals surface area contributed by atoms with Crippen LogP contribution in [0, 0.1) is 0 Å². The molecule has 0 aliphatic rings. The summed E-state index contributed by atoms with van der Waals surface area (Å²) in [6.45, 7) is 6.56. The van der Waals surface area contributed by atoms with E-state index in [-0.39, 0.29) is 12.5 Å². The number of carbonyl (C=O) groups excluding carboxylic acids is 1. The number of carboxylic acid groups (broad SMARTS) is 1. The lowest BCUT2D eigenvalue weighted by atomic mass is 10.0. The average Bonchev–Trinajstić information content (AvgIpc) is 2.99. The molecule has 0 unspecified atom stereocenters. The predicted molar refractivity (Wildman–Crippen MR) is 180 cm³/mol. The first-order valence-electron chi connectivity index (χ1n) is 18.5. The quantitative estimate of drug-likeness (QED) is 0.0742. The van der Waals surface area contributed by atoms with Crippen LogP contribution in [-0.2, 0) is 9.59 Å². The fourth-order valence-corrected chi connectivity index (χ4v) is 5.48. The lowest BCUT2D eigenvalue weighted by molar-refractivity contribution is -0.192. The second-order valence-corrected chi connectivity index (χ2v) is 12.6. The van der Waals surface area contributed by atoms with Gasteiger partial charge in [-0.25, -0.2) is 4.79 Å². The van der Waals surface area contributed by atoms with Gasteiger partial charge in [0.05, 0.1) is 6.54 Å². The van der Waals surface area contributed by atoms with Crippen molar-refractivity contribution in [3.63, 3.8) is 0 Å². The number of carboxylic acids is 1. The number of aliphatic carboxylic acids is 1. The van der Waals surface area contributed by atoms with Crippen molar-refractivity contribution in [1.29, 1.82) is 0 Å². The van der Waals surface area contributed by atoms with E-state index in [1.54, 1.807) is 0 Å². The van der Waals surface area contributed by atoms with Crippen LogP contribution in [0.4, 0.5) is 13.2 Å². The molecular formula is C36H71F3N2O3. The predicted octanol–water partition coefficient (Wildman–Crippen LogP) is 11.4. The normalized spacial score (nSPS) is 11.3. The molecule has 264 valence electrons. The van der Waals surface area contributed by atoms with Crippen molar-refractivity contribution < 1.29 is 27.9 Å². The summed E-state index contributed by atoms with van der Waals surface area (Å²) in [5.74, 6) is -2.61. The van der Waals surface area contributed by atoms with Gasteiger partial charge < -0.3 is 15.7 Å². The molecular weight excluding hydrogens is 565 g/mol. The molecule has 1 amide bonds. The van der Waals surface area contributed by atoms with Crippen LogP contribution < -0.4 is 5.73 Å². The van der Waals surface area contributed by atoms with Crippen molar-refractivity contribution >= 4 is 11.9 Å². The zero-order valence-corrected chi connectivity index (χ0v) is 28.8. The van der Waals surface area contributed by atoms with E-state index in [2.05, 4.69) is 13.8 Å². The number of rotatable bonds is 31. The van der Waals surface area contributed by atoms with Gasteiger partial charge in [-0.2, -0.15) is 13.2 Å². The highest BCUT2D eigenvalue weighted by Crippen LogP contribution is 2.15. The van der Waals surface area contributed by atoms with E-state index >= 15 is 0 Å². The maximum atomic E-state index is 12.2. The van der Waals surface area contributed by atoms with Crippen molar-refractivity contribution in [2.24, 2.45) is 5.73 Å². The lowest BCUT2D eigenvalue weighted by Crippen LogP contribution is -2.37. The summed E-state index contributed by atoms with van der Waals surface area (Å²) in [6, 6.07) is 0. The first-order valence-corrected chi connectivity index (χ1v) is 18.5. The Bertz CT molecular complexity index is 586. The highest BCUT2D eigenvalue weighted by atomic mass is 19.4. The minimum atomic E-state index is -5.08. The molecule has 0 saturated heterocycles. The van der Waals surface area contributed by atoms with Crippen molar-refractivity contribution in [1.82, 2.24) is 4.90 Å². The van der Waals surface area contributed by atoms with E-state index < -0.39 is 12.1 Å². The third-order valence-corrected chi connectivity index (χ3v) is 8.33. The average molecular weight is 637 g/mol. The van der Waals surface area contributed by atoms with Gasteiger partial charge in [-0.15, -0.1) is 0 Å². The minimum absolute atomic E-state index is 0.143. The second kappa shape index (κ2) is 34.6. The van der Waals surface area contributed by atoms with Crippen molar-refractivity contribution in [3.8, 4) is 0 Å². The van der Waals surface area contributed by atoms with Gasteiger partial charge in [0.25, 0.3) is 0 Å². The third kappa shape index (κ3) is 35.2. The molecule has 0 atom stereocenters. The lowest BCUT2D eigenvalue weighted by Gasteiger charge is -2.22. The van der Waals surface area contributed by atoms with E-state index in [4.69, 9.17) is 15.6 Å². The van der Waals surface area contributed by atoms with Crippen LogP contribution in [-0.4, -0.2) is 47.7 Å². The van der Waals surface area contributed by atoms with Crippen LogP contribution in [0.2, 0.25) is 0 Å². The maximum Gasteiger partial charge on any atom is 0.490 e.